The Balaban J connectivity index is 0.000000178. The average Bonchev–Trinajstić information content (AvgIpc) is 1.61. The molecule has 20 nitrogen and oxygen atoms in total. The first kappa shape index (κ1) is 84.8. The fourth-order valence-corrected chi connectivity index (χ4v) is 18.4. The van der Waals surface area contributed by atoms with Gasteiger partial charge in [-0.05, 0) is 161 Å². The Hall–Kier alpha value is -9.60. The van der Waals surface area contributed by atoms with Crippen LogP contribution in [0.15, 0.2) is 180 Å². The van der Waals surface area contributed by atoms with Gasteiger partial charge in [0.2, 0.25) is 41.7 Å². The minimum absolute atomic E-state index is 0.0246. The lowest BCUT2D eigenvalue weighted by Crippen LogP contribution is -2.44. The molecule has 3 saturated heterocycles. The van der Waals surface area contributed by atoms with Crippen LogP contribution < -0.4 is 0 Å². The molecule has 3 aliphatic rings. The molecule has 0 saturated carbocycles. The van der Waals surface area contributed by atoms with Gasteiger partial charge in [-0.15, -0.1) is 0 Å². The molecule has 3 aliphatic heterocycles. The van der Waals surface area contributed by atoms with E-state index in [0.717, 1.165) is 123 Å². The number of hydrogen-bond donors (Lipinski definition) is 0. The molecule has 0 amide bonds. The molecule has 12 rings (SSSR count). The summed E-state index contributed by atoms with van der Waals surface area (Å²) in [6.45, 7) is 4.11. The summed E-state index contributed by atoms with van der Waals surface area (Å²) in [5, 5.41) is 0.116. The minimum atomic E-state index is -4.71. The normalized spacial score (nSPS) is 20.7. The van der Waals surface area contributed by atoms with E-state index in [0.29, 0.717) is 33.8 Å². The predicted molar refractivity (Wildman–Crippen MR) is 373 cm³/mol. The van der Waals surface area contributed by atoms with E-state index in [1.807, 2.05) is 0 Å². The van der Waals surface area contributed by atoms with Gasteiger partial charge < -0.3 is 0 Å². The van der Waals surface area contributed by atoms with Crippen LogP contribution in [0, 0.1) is 17.5 Å². The molecule has 39 heteroatoms. The predicted octanol–water partition coefficient (Wildman–Crippen LogP) is 14.4. The number of halogens is 16. The number of hydrogen-bond acceptors (Lipinski definition) is 17. The maximum atomic E-state index is 14.6. The van der Waals surface area contributed by atoms with Crippen molar-refractivity contribution < 1.29 is 105 Å². The van der Waals surface area contributed by atoms with Crippen molar-refractivity contribution in [1.29, 1.82) is 0 Å². The molecular formula is C73H63ClF15N11O9S3. The van der Waals surface area contributed by atoms with E-state index in [4.69, 9.17) is 11.6 Å². The number of nitrogens with zero attached hydrogens (tertiary/aromatic N) is 11. The molecule has 9 aromatic rings. The zero-order chi connectivity index (χ0) is 81.7. The summed E-state index contributed by atoms with van der Waals surface area (Å²) in [5.41, 5.74) is 2.35. The molecule has 594 valence electrons. The fraction of sp³-hybridized carbons (Fsp3) is 0.329. The zero-order valence-electron chi connectivity index (χ0n) is 58.5. The van der Waals surface area contributed by atoms with Gasteiger partial charge >= 0.3 is 18.5 Å². The highest BCUT2D eigenvalue weighted by Gasteiger charge is 2.52. The third-order valence-corrected chi connectivity index (χ3v) is 24.9. The van der Waals surface area contributed by atoms with Gasteiger partial charge in [0.05, 0.1) is 67.2 Å². The van der Waals surface area contributed by atoms with E-state index < -0.39 is 155 Å². The highest BCUT2D eigenvalue weighted by atomic mass is 35.5. The largest absolute Gasteiger partial charge is 0.451 e. The van der Waals surface area contributed by atoms with Crippen LogP contribution in [-0.4, -0.2) is 150 Å². The summed E-state index contributed by atoms with van der Waals surface area (Å²) in [6.07, 6.45) is -11.0. The quantitative estimate of drug-likeness (QED) is 0.0605. The summed E-state index contributed by atoms with van der Waals surface area (Å²) in [6, 6.07) is 15.0. The van der Waals surface area contributed by atoms with Gasteiger partial charge in [0.25, 0.3) is 0 Å². The Bertz CT molecular complexity index is 5020. The molecule has 0 spiro atoms. The first-order chi connectivity index (χ1) is 52.5. The number of Topliss-reactive ketones (excluding diaryl/α,β-unsaturated/α-hetero) is 3. The number of rotatable bonds is 21. The standard InChI is InChI=1S/C25H22F5N3O3S.C24H20ClF5N4O3S.C24H21F5N4O3S/c1-15-21(27)13-23(33(15)37(35,36)20-6-3-18(26)4-7-20)24(34)9-5-19-12-16(10-11-31-19)22-8-2-17(14-32-22)25(28,29)30;1-13-20(27)9-21(34(13)38(36,37)17-5-2-15(26)3-6-17)22(35)7-4-16-8-18(19(25)12-31-16)14-10-32-23(33-11-14)24(28,29)30;1-14-20(26)11-21(33(14)37(35,36)19-5-2-17(25)3-6-19)22(34)7-4-18-10-15(8-9-30-18)16-12-31-23(32-13-16)24(27,28)29/h2-4,6-8,10-12,14-15,21,23H,5,9,13H2,1H3;2-3,5-6,8,10-13,20-21H,4,7,9H2,1H3;2-3,5-6,8-10,12-14,20-21H,4,7,11H2,1H3/t15-,21+,23-;13-,20+,21-;14-,20+,21-/m000/s1. The number of benzene rings is 3. The maximum absolute atomic E-state index is 14.6. The summed E-state index contributed by atoms with van der Waals surface area (Å²) < 4.78 is 280. The van der Waals surface area contributed by atoms with Crippen molar-refractivity contribution in [2.75, 3.05) is 0 Å². The van der Waals surface area contributed by atoms with Gasteiger partial charge in [0, 0.05) is 127 Å². The Kier molecular flexibility index (Phi) is 26.1. The molecule has 0 aliphatic carbocycles. The average molecular weight is 1650 g/mol. The van der Waals surface area contributed by atoms with Crippen molar-refractivity contribution in [2.45, 2.75) is 167 Å². The van der Waals surface area contributed by atoms with Gasteiger partial charge in [0.15, 0.2) is 17.3 Å². The van der Waals surface area contributed by atoms with E-state index in [2.05, 4.69) is 39.9 Å². The van der Waals surface area contributed by atoms with Gasteiger partial charge in [-0.3, -0.25) is 34.3 Å². The first-order valence-corrected chi connectivity index (χ1v) is 38.5. The zero-order valence-corrected chi connectivity index (χ0v) is 61.7. The number of carbonyl (C=O) groups is 3. The second-order valence-electron chi connectivity index (χ2n) is 26.0. The number of aromatic nitrogens is 8. The monoisotopic (exact) mass is 1650 g/mol. The maximum Gasteiger partial charge on any atom is 0.451 e. The lowest BCUT2D eigenvalue weighted by atomic mass is 10.0. The second kappa shape index (κ2) is 34.4. The van der Waals surface area contributed by atoms with E-state index in [1.165, 1.54) is 51.5 Å². The smallest absolute Gasteiger partial charge is 0.298 e. The molecule has 9 atom stereocenters. The molecule has 0 radical (unpaired) electrons. The van der Waals surface area contributed by atoms with Gasteiger partial charge in [0.1, 0.15) is 36.0 Å². The molecule has 9 heterocycles. The van der Waals surface area contributed by atoms with Crippen LogP contribution in [0.3, 0.4) is 0 Å². The third-order valence-electron chi connectivity index (χ3n) is 18.6. The Morgan fingerprint density at radius 3 is 1.08 bits per heavy atom. The SMILES string of the molecule is C[C@H]1[C@H](F)C[C@@H](C(=O)CCc2cc(-c3ccc(C(F)(F)F)cn3)ccn2)N1S(=O)(=O)c1ccc(F)cc1.C[C@H]1[C@H](F)C[C@@H](C(=O)CCc2cc(-c3cnc(C(F)(F)F)nc3)c(Cl)cn2)N1S(=O)(=O)c1ccc(F)cc1.C[C@H]1[C@H](F)C[C@@H](C(=O)CCc2cc(-c3cnc(C(F)(F)F)nc3)ccn2)N1S(=O)(=O)c1ccc(F)cc1. The lowest BCUT2D eigenvalue weighted by molar-refractivity contribution is -0.145. The fourth-order valence-electron chi connectivity index (χ4n) is 12.7. The van der Waals surface area contributed by atoms with Gasteiger partial charge in [-0.1, -0.05) is 11.6 Å². The van der Waals surface area contributed by atoms with Gasteiger partial charge in [-0.2, -0.15) is 52.4 Å². The van der Waals surface area contributed by atoms with E-state index in [1.54, 1.807) is 24.3 Å². The summed E-state index contributed by atoms with van der Waals surface area (Å²) >= 11 is 6.15. The number of aryl methyl sites for hydroxylation is 3. The van der Waals surface area contributed by atoms with Gasteiger partial charge in [-0.25, -0.2) is 71.5 Å². The molecule has 0 N–H and O–H groups in total. The number of alkyl halides is 12. The van der Waals surface area contributed by atoms with Crippen molar-refractivity contribution in [3.63, 3.8) is 0 Å². The molecular weight excluding hydrogens is 1590 g/mol. The number of sulfonamides is 3. The summed E-state index contributed by atoms with van der Waals surface area (Å²) in [4.78, 5) is 68.0. The van der Waals surface area contributed by atoms with Crippen LogP contribution in [0.25, 0.3) is 33.5 Å². The first-order valence-electron chi connectivity index (χ1n) is 33.8. The summed E-state index contributed by atoms with van der Waals surface area (Å²) in [7, 11) is -12.8. The van der Waals surface area contributed by atoms with Crippen LogP contribution >= 0.6 is 11.6 Å². The number of pyridine rings is 4. The van der Waals surface area contributed by atoms with E-state index in [-0.39, 0.29) is 94.3 Å². The Morgan fingerprint density at radius 2 is 0.741 bits per heavy atom. The van der Waals surface area contributed by atoms with Crippen LogP contribution in [-0.2, 0) is 82.2 Å². The van der Waals surface area contributed by atoms with Crippen LogP contribution in [0.2, 0.25) is 5.02 Å². The van der Waals surface area contributed by atoms with E-state index in [9.17, 15) is 105 Å². The highest BCUT2D eigenvalue weighted by Crippen LogP contribution is 2.40. The van der Waals surface area contributed by atoms with E-state index >= 15 is 0 Å². The topological polar surface area (TPSA) is 266 Å². The molecule has 0 unspecified atom stereocenters. The molecule has 112 heavy (non-hydrogen) atoms. The number of ketones is 3. The molecule has 0 bridgehead atoms. The molecule has 3 fully saturated rings. The van der Waals surface area contributed by atoms with Crippen LogP contribution in [0.5, 0.6) is 0 Å². The van der Waals surface area contributed by atoms with Crippen molar-refractivity contribution in [3.8, 4) is 33.5 Å². The van der Waals surface area contributed by atoms with Crippen LogP contribution in [0.4, 0.5) is 65.9 Å². The second-order valence-corrected chi connectivity index (χ2v) is 32.0. The minimum Gasteiger partial charge on any atom is -0.298 e. The highest BCUT2D eigenvalue weighted by molar-refractivity contribution is 7.89. The summed E-state index contributed by atoms with van der Waals surface area (Å²) in [5.74, 6) is -6.05. The number of carbonyl (C=O) groups excluding carboxylic acids is 3. The lowest BCUT2D eigenvalue weighted by Gasteiger charge is -2.26. The third kappa shape index (κ3) is 19.7. The molecule has 6 aromatic heterocycles. The van der Waals surface area contributed by atoms with Crippen molar-refractivity contribution >= 4 is 59.0 Å². The molecule has 3 aromatic carbocycles. The van der Waals surface area contributed by atoms with Crippen molar-refractivity contribution in [3.05, 3.63) is 222 Å². The van der Waals surface area contributed by atoms with Crippen molar-refractivity contribution in [2.24, 2.45) is 0 Å². The van der Waals surface area contributed by atoms with Crippen LogP contribution in [0.1, 0.15) is 93.6 Å². The Morgan fingerprint density at radius 1 is 0.402 bits per heavy atom. The Labute approximate surface area is 635 Å². The van der Waals surface area contributed by atoms with Crippen molar-refractivity contribution in [1.82, 2.24) is 52.8 Å².